The molecule has 0 radical (unpaired) electrons. The molecule has 204 valence electrons. The van der Waals surface area contributed by atoms with Crippen molar-refractivity contribution in [3.8, 4) is 0 Å². The molecule has 0 spiro atoms. The van der Waals surface area contributed by atoms with E-state index < -0.39 is 0 Å². The quantitative estimate of drug-likeness (QED) is 0.254. The van der Waals surface area contributed by atoms with Crippen LogP contribution in [0.3, 0.4) is 0 Å². The summed E-state index contributed by atoms with van der Waals surface area (Å²) >= 11 is 0. The van der Waals surface area contributed by atoms with Gasteiger partial charge in [-0.2, -0.15) is 0 Å². The maximum absolute atomic E-state index is 6.43. The summed E-state index contributed by atoms with van der Waals surface area (Å²) in [6, 6.07) is 6.94. The van der Waals surface area contributed by atoms with Crippen LogP contribution in [0.1, 0.15) is 72.1 Å². The molecule has 0 bridgehead atoms. The van der Waals surface area contributed by atoms with Gasteiger partial charge < -0.3 is 20.8 Å². The minimum absolute atomic E-state index is 0.0687. The summed E-state index contributed by atoms with van der Waals surface area (Å²) in [4.78, 5) is 23.5. The average molecular weight is 520 g/mol. The number of nitrogens with zero attached hydrogens (tertiary/aromatic N) is 6. The van der Waals surface area contributed by atoms with Crippen LogP contribution in [-0.4, -0.2) is 66.2 Å². The number of H-pyrrole nitrogens is 1. The smallest absolute Gasteiger partial charge is 0.201 e. The first-order valence-corrected chi connectivity index (χ1v) is 13.8. The molecular weight excluding hydrogens is 478 g/mol. The third kappa shape index (κ3) is 5.76. The van der Waals surface area contributed by atoms with Gasteiger partial charge in [-0.3, -0.25) is 9.47 Å². The van der Waals surface area contributed by atoms with Crippen molar-refractivity contribution in [1.29, 1.82) is 0 Å². The Morgan fingerprint density at radius 2 is 2.03 bits per heavy atom. The molecular formula is C28H41N9O. The Morgan fingerprint density at radius 3 is 2.82 bits per heavy atom. The maximum Gasteiger partial charge on any atom is 0.201 e. The van der Waals surface area contributed by atoms with Crippen molar-refractivity contribution in [2.24, 2.45) is 0 Å². The molecule has 4 heterocycles. The van der Waals surface area contributed by atoms with Gasteiger partial charge in [0.1, 0.15) is 18.1 Å². The molecule has 1 aliphatic heterocycles. The fourth-order valence-electron chi connectivity index (χ4n) is 5.13. The van der Waals surface area contributed by atoms with Crippen molar-refractivity contribution in [1.82, 2.24) is 34.4 Å². The number of nitrogens with two attached hydrogens (primary N) is 1. The molecule has 38 heavy (non-hydrogen) atoms. The molecule has 0 saturated carbocycles. The summed E-state index contributed by atoms with van der Waals surface area (Å²) in [5.41, 5.74) is 10.8. The van der Waals surface area contributed by atoms with Gasteiger partial charge in [-0.25, -0.2) is 19.9 Å². The van der Waals surface area contributed by atoms with Crippen LogP contribution in [0, 0.1) is 0 Å². The van der Waals surface area contributed by atoms with Crippen LogP contribution in [0.2, 0.25) is 0 Å². The lowest BCUT2D eigenvalue weighted by Gasteiger charge is -2.29. The van der Waals surface area contributed by atoms with E-state index in [-0.39, 0.29) is 17.7 Å². The molecule has 10 nitrogen and oxygen atoms in total. The summed E-state index contributed by atoms with van der Waals surface area (Å²) in [6.07, 6.45) is 7.49. The number of hydrogen-bond acceptors (Lipinski definition) is 8. The molecule has 1 saturated heterocycles. The topological polar surface area (TPSA) is 123 Å². The van der Waals surface area contributed by atoms with Gasteiger partial charge in [0.05, 0.1) is 23.5 Å². The molecule has 0 amide bonds. The van der Waals surface area contributed by atoms with Crippen LogP contribution in [0.5, 0.6) is 0 Å². The van der Waals surface area contributed by atoms with Crippen molar-refractivity contribution >= 4 is 34.0 Å². The summed E-state index contributed by atoms with van der Waals surface area (Å²) < 4.78 is 8.42. The zero-order valence-electron chi connectivity index (χ0n) is 23.2. The Labute approximate surface area is 224 Å². The number of aromatic amines is 1. The summed E-state index contributed by atoms with van der Waals surface area (Å²) in [7, 11) is 0. The maximum atomic E-state index is 6.43. The van der Waals surface area contributed by atoms with Gasteiger partial charge in [0.25, 0.3) is 0 Å². The lowest BCUT2D eigenvalue weighted by Crippen LogP contribution is -2.38. The second-order valence-corrected chi connectivity index (χ2v) is 11.7. The standard InChI is InChI=1S/C28H41N9O/c1-18(2)36(15-20-9-11-23(38-20)37-17-33-24-25(29)31-16-32-26(24)37)13-7-6-12-30-27-34-21-10-8-19(28(3,4)5)14-22(21)35-27/h8,10,14,16-18,20,23H,6-7,9,11-13,15H2,1-5H3,(H2,29,31,32)(H2,30,34,35). The number of ether oxygens (including phenoxy) is 1. The summed E-state index contributed by atoms with van der Waals surface area (Å²) in [5.74, 6) is 1.25. The molecule has 4 N–H and O–H groups in total. The Morgan fingerprint density at radius 1 is 1.18 bits per heavy atom. The predicted molar refractivity (Wildman–Crippen MR) is 152 cm³/mol. The Kier molecular flexibility index (Phi) is 7.54. The predicted octanol–water partition coefficient (Wildman–Crippen LogP) is 4.86. The van der Waals surface area contributed by atoms with Crippen molar-refractivity contribution in [2.75, 3.05) is 30.7 Å². The van der Waals surface area contributed by atoms with Crippen LogP contribution < -0.4 is 11.1 Å². The van der Waals surface area contributed by atoms with E-state index >= 15 is 0 Å². The SMILES string of the molecule is CC(C)N(CCCCNc1nc2ccc(C(C)(C)C)cc2[nH]1)CC1CCC(n2cnc3c(N)ncnc32)O1. The van der Waals surface area contributed by atoms with Crippen molar-refractivity contribution in [3.63, 3.8) is 0 Å². The molecule has 5 rings (SSSR count). The van der Waals surface area contributed by atoms with E-state index in [1.807, 2.05) is 4.57 Å². The number of benzene rings is 1. The van der Waals surface area contributed by atoms with E-state index in [0.29, 0.717) is 17.4 Å². The van der Waals surface area contributed by atoms with Crippen LogP contribution in [0.4, 0.5) is 11.8 Å². The van der Waals surface area contributed by atoms with Gasteiger partial charge in [-0.1, -0.05) is 26.8 Å². The second kappa shape index (κ2) is 10.9. The highest BCUT2D eigenvalue weighted by molar-refractivity contribution is 5.81. The van der Waals surface area contributed by atoms with E-state index in [9.17, 15) is 0 Å². The highest BCUT2D eigenvalue weighted by Crippen LogP contribution is 2.32. The number of nitrogens with one attached hydrogen (secondary N) is 2. The first-order valence-electron chi connectivity index (χ1n) is 13.8. The van der Waals surface area contributed by atoms with Crippen LogP contribution in [-0.2, 0) is 10.2 Å². The molecule has 2 atom stereocenters. The monoisotopic (exact) mass is 519 g/mol. The molecule has 1 aliphatic rings. The lowest BCUT2D eigenvalue weighted by atomic mass is 9.87. The third-order valence-electron chi connectivity index (χ3n) is 7.46. The van der Waals surface area contributed by atoms with E-state index in [1.54, 1.807) is 6.33 Å². The van der Waals surface area contributed by atoms with E-state index in [4.69, 9.17) is 15.5 Å². The Bertz CT molecular complexity index is 1370. The fourth-order valence-corrected chi connectivity index (χ4v) is 5.13. The van der Waals surface area contributed by atoms with Crippen molar-refractivity contribution in [2.45, 2.75) is 84.1 Å². The van der Waals surface area contributed by atoms with Gasteiger partial charge >= 0.3 is 0 Å². The number of nitrogen functional groups attached to an aromatic ring is 1. The third-order valence-corrected chi connectivity index (χ3v) is 7.46. The largest absolute Gasteiger partial charge is 0.382 e. The van der Waals surface area contributed by atoms with Crippen LogP contribution >= 0.6 is 0 Å². The minimum atomic E-state index is -0.0687. The molecule has 10 heteroatoms. The van der Waals surface area contributed by atoms with Gasteiger partial charge in [-0.15, -0.1) is 0 Å². The number of rotatable bonds is 10. The molecule has 2 unspecified atom stereocenters. The number of unbranched alkanes of at least 4 members (excludes halogenated alkanes) is 1. The highest BCUT2D eigenvalue weighted by atomic mass is 16.5. The molecule has 4 aromatic rings. The van der Waals surface area contributed by atoms with Gasteiger partial charge in [-0.05, 0) is 69.2 Å². The minimum Gasteiger partial charge on any atom is -0.382 e. The van der Waals surface area contributed by atoms with E-state index in [0.717, 1.165) is 67.9 Å². The van der Waals surface area contributed by atoms with E-state index in [2.05, 4.69) is 83.0 Å². The normalized spacial score (nSPS) is 18.4. The first kappa shape index (κ1) is 26.4. The molecule has 1 aromatic carbocycles. The number of fused-ring (bicyclic) bond motifs is 2. The average Bonchev–Trinajstić information content (AvgIpc) is 3.60. The Hall–Kier alpha value is -3.24. The van der Waals surface area contributed by atoms with E-state index in [1.165, 1.54) is 11.9 Å². The zero-order chi connectivity index (χ0) is 26.9. The van der Waals surface area contributed by atoms with Gasteiger partial charge in [0.2, 0.25) is 5.95 Å². The van der Waals surface area contributed by atoms with Crippen molar-refractivity contribution in [3.05, 3.63) is 36.4 Å². The molecule has 1 fully saturated rings. The number of anilines is 2. The zero-order valence-corrected chi connectivity index (χ0v) is 23.2. The first-order chi connectivity index (χ1) is 18.2. The fraction of sp³-hybridized carbons (Fsp3) is 0.571. The number of hydrogen-bond donors (Lipinski definition) is 3. The van der Waals surface area contributed by atoms with Crippen LogP contribution in [0.15, 0.2) is 30.9 Å². The highest BCUT2D eigenvalue weighted by Gasteiger charge is 2.30. The van der Waals surface area contributed by atoms with Gasteiger partial charge in [0, 0.05) is 19.1 Å². The summed E-state index contributed by atoms with van der Waals surface area (Å²) in [5, 5.41) is 3.47. The number of imidazole rings is 2. The Balaban J connectivity index is 1.09. The summed E-state index contributed by atoms with van der Waals surface area (Å²) in [6.45, 7) is 14.1. The second-order valence-electron chi connectivity index (χ2n) is 11.7. The molecule has 3 aromatic heterocycles. The number of aromatic nitrogens is 6. The lowest BCUT2D eigenvalue weighted by molar-refractivity contribution is -0.0159. The van der Waals surface area contributed by atoms with Gasteiger partial charge in [0.15, 0.2) is 11.5 Å². The van der Waals surface area contributed by atoms with Crippen LogP contribution in [0.25, 0.3) is 22.2 Å². The molecule has 0 aliphatic carbocycles. The van der Waals surface area contributed by atoms with Crippen molar-refractivity contribution < 1.29 is 4.74 Å².